The number of nitrogen functional groups attached to an aromatic ring is 1. The SMILES string of the molecule is CN(C1CC1)C1CCN(CCn2nc(-c3ccc(NC(=O)OC(C)(C)C)c4c3OCO4)c3c(N)ncnc32)CC1. The Kier molecular flexibility index (Phi) is 6.91. The van der Waals surface area contributed by atoms with E-state index in [1.165, 1.54) is 32.0 Å². The second-order valence-electron chi connectivity index (χ2n) is 11.9. The Morgan fingerprint density at radius 1 is 1.10 bits per heavy atom. The summed E-state index contributed by atoms with van der Waals surface area (Å²) in [6, 6.07) is 5.07. The lowest BCUT2D eigenvalue weighted by Gasteiger charge is -2.36. The first-order valence-electron chi connectivity index (χ1n) is 14.0. The monoisotopic (exact) mass is 550 g/mol. The van der Waals surface area contributed by atoms with Crippen LogP contribution in [-0.4, -0.2) is 86.8 Å². The van der Waals surface area contributed by atoms with E-state index in [-0.39, 0.29) is 6.79 Å². The number of aromatic nitrogens is 4. The molecule has 1 amide bonds. The van der Waals surface area contributed by atoms with E-state index in [9.17, 15) is 4.79 Å². The molecule has 2 aromatic heterocycles. The van der Waals surface area contributed by atoms with Crippen molar-refractivity contribution in [3.63, 3.8) is 0 Å². The van der Waals surface area contributed by atoms with Crippen molar-refractivity contribution >= 4 is 28.6 Å². The summed E-state index contributed by atoms with van der Waals surface area (Å²) in [5.74, 6) is 1.24. The van der Waals surface area contributed by atoms with Gasteiger partial charge >= 0.3 is 6.09 Å². The number of fused-ring (bicyclic) bond motifs is 2. The van der Waals surface area contributed by atoms with E-state index in [0.717, 1.165) is 25.7 Å². The van der Waals surface area contributed by atoms with Gasteiger partial charge in [-0.1, -0.05) is 0 Å². The molecule has 40 heavy (non-hydrogen) atoms. The van der Waals surface area contributed by atoms with Gasteiger partial charge in [0, 0.05) is 24.2 Å². The Bertz CT molecular complexity index is 1410. The number of carbonyl (C=O) groups is 1. The highest BCUT2D eigenvalue weighted by atomic mass is 16.7. The van der Waals surface area contributed by atoms with Gasteiger partial charge in [0.15, 0.2) is 17.1 Å². The first kappa shape index (κ1) is 26.6. The molecule has 12 nitrogen and oxygen atoms in total. The van der Waals surface area contributed by atoms with E-state index in [2.05, 4.69) is 32.1 Å². The predicted molar refractivity (Wildman–Crippen MR) is 151 cm³/mol. The van der Waals surface area contributed by atoms with Crippen LogP contribution in [0, 0.1) is 0 Å². The van der Waals surface area contributed by atoms with Gasteiger partial charge in [0.2, 0.25) is 6.79 Å². The number of rotatable bonds is 7. The number of carbonyl (C=O) groups excluding carboxylic acids is 1. The third-order valence-electron chi connectivity index (χ3n) is 7.85. The third kappa shape index (κ3) is 5.37. The molecule has 2 aliphatic heterocycles. The number of amides is 1. The molecule has 4 heterocycles. The molecule has 1 saturated carbocycles. The fourth-order valence-corrected chi connectivity index (χ4v) is 5.64. The number of piperidine rings is 1. The Balaban J connectivity index is 1.23. The highest BCUT2D eigenvalue weighted by Gasteiger charge is 2.33. The minimum atomic E-state index is -0.628. The van der Waals surface area contributed by atoms with Gasteiger partial charge in [0.25, 0.3) is 0 Å². The van der Waals surface area contributed by atoms with E-state index < -0.39 is 11.7 Å². The quantitative estimate of drug-likeness (QED) is 0.448. The lowest BCUT2D eigenvalue weighted by molar-refractivity contribution is 0.0635. The van der Waals surface area contributed by atoms with Crippen LogP contribution in [-0.2, 0) is 11.3 Å². The standard InChI is InChI=1S/C28H38N8O4/c1-28(2,3)40-27(37)32-20-8-7-19(23-24(20)39-16-38-23)22-21-25(29)30-15-31-26(21)36(33-22)14-13-35-11-9-18(10-12-35)34(4)17-5-6-17/h7-8,15,17-18H,5-6,9-14,16H2,1-4H3,(H,32,37)(H2,29,30,31). The van der Waals surface area contributed by atoms with Crippen LogP contribution >= 0.6 is 0 Å². The summed E-state index contributed by atoms with van der Waals surface area (Å²) in [6.07, 6.45) is 5.98. The lowest BCUT2D eigenvalue weighted by Crippen LogP contribution is -2.44. The molecule has 0 bridgehead atoms. The third-order valence-corrected chi connectivity index (χ3v) is 7.85. The summed E-state index contributed by atoms with van der Waals surface area (Å²) >= 11 is 0. The van der Waals surface area contributed by atoms with Crippen molar-refractivity contribution in [2.24, 2.45) is 0 Å². The van der Waals surface area contributed by atoms with E-state index in [1.807, 2.05) is 31.5 Å². The minimum Gasteiger partial charge on any atom is -0.453 e. The van der Waals surface area contributed by atoms with E-state index in [4.69, 9.17) is 25.0 Å². The van der Waals surface area contributed by atoms with Gasteiger partial charge in [-0.3, -0.25) is 5.32 Å². The smallest absolute Gasteiger partial charge is 0.412 e. The Labute approximate surface area is 233 Å². The first-order valence-corrected chi connectivity index (χ1v) is 14.0. The van der Waals surface area contributed by atoms with Crippen LogP contribution in [0.5, 0.6) is 11.5 Å². The molecule has 2 fully saturated rings. The molecule has 0 spiro atoms. The topological polar surface area (TPSA) is 133 Å². The Morgan fingerprint density at radius 3 is 2.55 bits per heavy atom. The van der Waals surface area contributed by atoms with Crippen LogP contribution in [0.3, 0.4) is 0 Å². The number of benzene rings is 1. The molecule has 0 unspecified atom stereocenters. The highest BCUT2D eigenvalue weighted by molar-refractivity contribution is 6.01. The van der Waals surface area contributed by atoms with E-state index >= 15 is 0 Å². The molecule has 0 atom stereocenters. The van der Waals surface area contributed by atoms with Crippen LogP contribution in [0.2, 0.25) is 0 Å². The van der Waals surface area contributed by atoms with Crippen molar-refractivity contribution in [1.29, 1.82) is 0 Å². The fourth-order valence-electron chi connectivity index (χ4n) is 5.64. The van der Waals surface area contributed by atoms with Crippen LogP contribution in [0.15, 0.2) is 18.5 Å². The maximum Gasteiger partial charge on any atom is 0.412 e. The second kappa shape index (κ2) is 10.4. The van der Waals surface area contributed by atoms with Crippen molar-refractivity contribution in [2.75, 3.05) is 44.5 Å². The normalized spacial score (nSPS) is 18.0. The number of ether oxygens (including phenoxy) is 3. The van der Waals surface area contributed by atoms with Crippen molar-refractivity contribution < 1.29 is 19.0 Å². The van der Waals surface area contributed by atoms with Gasteiger partial charge in [-0.2, -0.15) is 5.10 Å². The molecule has 6 rings (SSSR count). The number of nitrogens with two attached hydrogens (primary N) is 1. The molecular formula is C28H38N8O4. The van der Waals surface area contributed by atoms with Gasteiger partial charge in [0.05, 0.1) is 17.6 Å². The van der Waals surface area contributed by atoms with E-state index in [0.29, 0.717) is 57.9 Å². The second-order valence-corrected chi connectivity index (χ2v) is 11.9. The molecule has 214 valence electrons. The molecule has 12 heteroatoms. The zero-order valence-electron chi connectivity index (χ0n) is 23.6. The van der Waals surface area contributed by atoms with Crippen molar-refractivity contribution in [3.8, 4) is 22.8 Å². The van der Waals surface area contributed by atoms with Crippen LogP contribution in [0.1, 0.15) is 46.5 Å². The molecule has 1 aliphatic carbocycles. The first-order chi connectivity index (χ1) is 19.2. The van der Waals surface area contributed by atoms with Gasteiger partial charge < -0.3 is 29.7 Å². The van der Waals surface area contributed by atoms with Gasteiger partial charge in [-0.25, -0.2) is 19.4 Å². The summed E-state index contributed by atoms with van der Waals surface area (Å²) in [7, 11) is 2.28. The fraction of sp³-hybridized carbons (Fsp3) is 0.571. The van der Waals surface area contributed by atoms with E-state index in [1.54, 1.807) is 6.07 Å². The van der Waals surface area contributed by atoms with Gasteiger partial charge in [0.1, 0.15) is 23.4 Å². The predicted octanol–water partition coefficient (Wildman–Crippen LogP) is 3.71. The summed E-state index contributed by atoms with van der Waals surface area (Å²) in [6.45, 7) is 9.15. The van der Waals surface area contributed by atoms with Gasteiger partial charge in [-0.05, 0) is 78.7 Å². The average Bonchev–Trinajstić information content (AvgIpc) is 3.51. The number of anilines is 2. The number of likely N-dealkylation sites (tertiary alicyclic amines) is 1. The van der Waals surface area contributed by atoms with Crippen LogP contribution in [0.4, 0.5) is 16.3 Å². The van der Waals surface area contributed by atoms with Crippen molar-refractivity contribution in [1.82, 2.24) is 29.5 Å². The summed E-state index contributed by atoms with van der Waals surface area (Å²) < 4.78 is 18.9. The molecule has 1 saturated heterocycles. The summed E-state index contributed by atoms with van der Waals surface area (Å²) in [5, 5.41) is 8.37. The molecule has 3 aliphatic rings. The Morgan fingerprint density at radius 2 is 1.82 bits per heavy atom. The molecule has 1 aromatic carbocycles. The average molecular weight is 551 g/mol. The maximum absolute atomic E-state index is 12.4. The van der Waals surface area contributed by atoms with Crippen LogP contribution in [0.25, 0.3) is 22.3 Å². The number of hydrogen-bond acceptors (Lipinski definition) is 10. The lowest BCUT2D eigenvalue weighted by atomic mass is 10.0. The van der Waals surface area contributed by atoms with Crippen LogP contribution < -0.4 is 20.5 Å². The van der Waals surface area contributed by atoms with Crippen molar-refractivity contribution in [2.45, 2.75) is 70.7 Å². The molecule has 3 N–H and O–H groups in total. The summed E-state index contributed by atoms with van der Waals surface area (Å²) in [4.78, 5) is 26.3. The van der Waals surface area contributed by atoms with Gasteiger partial charge in [-0.15, -0.1) is 0 Å². The zero-order chi connectivity index (χ0) is 28.0. The minimum absolute atomic E-state index is 0.0197. The Hall–Kier alpha value is -3.64. The number of hydrogen-bond donors (Lipinski definition) is 2. The van der Waals surface area contributed by atoms with Crippen molar-refractivity contribution in [3.05, 3.63) is 18.5 Å². The molecule has 0 radical (unpaired) electrons. The largest absolute Gasteiger partial charge is 0.453 e. The number of nitrogens with zero attached hydrogens (tertiary/aromatic N) is 6. The maximum atomic E-state index is 12.4. The molecular weight excluding hydrogens is 512 g/mol. The summed E-state index contributed by atoms with van der Waals surface area (Å²) in [5.41, 5.74) is 8.16. The molecule has 3 aromatic rings. The highest BCUT2D eigenvalue weighted by Crippen LogP contribution is 2.47. The number of nitrogens with one attached hydrogen (secondary N) is 1. The zero-order valence-corrected chi connectivity index (χ0v) is 23.6.